The Balaban J connectivity index is 2.79. The van der Waals surface area contributed by atoms with Crippen LogP contribution in [0.1, 0.15) is 11.4 Å². The molecule has 1 heterocycles. The molecule has 2 aromatic rings. The predicted molar refractivity (Wildman–Crippen MR) is 55.5 cm³/mol. The number of hydrogen-bond donors (Lipinski definition) is 0. The number of benzene rings is 1. The van der Waals surface area contributed by atoms with Crippen LogP contribution in [0.25, 0.3) is 17.1 Å². The van der Waals surface area contributed by atoms with Crippen LogP contribution in [0.5, 0.6) is 0 Å². The van der Waals surface area contributed by atoms with E-state index in [1.165, 1.54) is 5.52 Å². The number of nitrogens with zero attached hydrogens (tertiary/aromatic N) is 2. The fourth-order valence-corrected chi connectivity index (χ4v) is 1.46. The molecule has 66 valence electrons. The van der Waals surface area contributed by atoms with E-state index in [0.29, 0.717) is 0 Å². The lowest BCUT2D eigenvalue weighted by Crippen LogP contribution is -1.89. The number of imidazole rings is 1. The van der Waals surface area contributed by atoms with Gasteiger partial charge in [0.25, 0.3) is 0 Å². The maximum atomic E-state index is 4.44. The Hall–Kier alpha value is -1.57. The second kappa shape index (κ2) is 2.73. The van der Waals surface area contributed by atoms with Crippen molar-refractivity contribution in [1.29, 1.82) is 0 Å². The highest BCUT2D eigenvalue weighted by atomic mass is 15.0. The number of hydrogen-bond acceptors (Lipinski definition) is 1. The zero-order valence-corrected chi connectivity index (χ0v) is 7.91. The molecule has 0 aliphatic carbocycles. The van der Waals surface area contributed by atoms with Crippen molar-refractivity contribution in [3.05, 3.63) is 36.2 Å². The van der Waals surface area contributed by atoms with Crippen LogP contribution in [0.15, 0.2) is 24.8 Å². The van der Waals surface area contributed by atoms with Gasteiger partial charge < -0.3 is 4.57 Å². The minimum Gasteiger partial charge on any atom is -0.331 e. The summed E-state index contributed by atoms with van der Waals surface area (Å²) < 4.78 is 2.09. The summed E-state index contributed by atoms with van der Waals surface area (Å²) in [5.74, 6) is 1.04. The SMILES string of the molecule is C=Cc1ccc2c(c1)nc(C)n2C. The van der Waals surface area contributed by atoms with Crippen LogP contribution >= 0.6 is 0 Å². The van der Waals surface area contributed by atoms with E-state index in [0.717, 1.165) is 16.9 Å². The molecule has 0 amide bonds. The van der Waals surface area contributed by atoms with E-state index >= 15 is 0 Å². The van der Waals surface area contributed by atoms with Crippen LogP contribution in [0.3, 0.4) is 0 Å². The van der Waals surface area contributed by atoms with E-state index in [1.54, 1.807) is 0 Å². The van der Waals surface area contributed by atoms with Crippen LogP contribution in [0, 0.1) is 6.92 Å². The van der Waals surface area contributed by atoms with E-state index < -0.39 is 0 Å². The third-order valence-corrected chi connectivity index (χ3v) is 2.36. The minimum atomic E-state index is 1.04. The van der Waals surface area contributed by atoms with E-state index in [2.05, 4.69) is 34.3 Å². The van der Waals surface area contributed by atoms with E-state index in [4.69, 9.17) is 0 Å². The molecule has 0 spiro atoms. The average molecular weight is 172 g/mol. The van der Waals surface area contributed by atoms with Crippen molar-refractivity contribution in [2.24, 2.45) is 7.05 Å². The molecule has 0 saturated heterocycles. The van der Waals surface area contributed by atoms with Gasteiger partial charge in [-0.3, -0.25) is 0 Å². The Morgan fingerprint density at radius 1 is 1.46 bits per heavy atom. The van der Waals surface area contributed by atoms with Gasteiger partial charge in [0.05, 0.1) is 11.0 Å². The largest absolute Gasteiger partial charge is 0.331 e. The molecule has 0 unspecified atom stereocenters. The van der Waals surface area contributed by atoms with Crippen molar-refractivity contribution in [2.75, 3.05) is 0 Å². The molecule has 13 heavy (non-hydrogen) atoms. The van der Waals surface area contributed by atoms with Crippen molar-refractivity contribution < 1.29 is 0 Å². The first-order chi connectivity index (χ1) is 6.22. The van der Waals surface area contributed by atoms with Crippen LogP contribution < -0.4 is 0 Å². The molecule has 0 radical (unpaired) electrons. The second-order valence-corrected chi connectivity index (χ2v) is 3.17. The van der Waals surface area contributed by atoms with Crippen LogP contribution in [-0.2, 0) is 7.05 Å². The first-order valence-electron chi connectivity index (χ1n) is 4.28. The summed E-state index contributed by atoms with van der Waals surface area (Å²) in [5, 5.41) is 0. The van der Waals surface area contributed by atoms with Gasteiger partial charge in [-0.2, -0.15) is 0 Å². The zero-order chi connectivity index (χ0) is 9.42. The molecule has 2 nitrogen and oxygen atoms in total. The fourth-order valence-electron chi connectivity index (χ4n) is 1.46. The monoisotopic (exact) mass is 172 g/mol. The summed E-state index contributed by atoms with van der Waals surface area (Å²) in [6.07, 6.45) is 1.84. The van der Waals surface area contributed by atoms with Crippen molar-refractivity contribution in [3.63, 3.8) is 0 Å². The Labute approximate surface area is 77.5 Å². The Morgan fingerprint density at radius 2 is 2.23 bits per heavy atom. The molecule has 2 heteroatoms. The van der Waals surface area contributed by atoms with Gasteiger partial charge in [-0.05, 0) is 24.6 Å². The Bertz CT molecular complexity index is 466. The van der Waals surface area contributed by atoms with Crippen molar-refractivity contribution >= 4 is 17.1 Å². The third-order valence-electron chi connectivity index (χ3n) is 2.36. The summed E-state index contributed by atoms with van der Waals surface area (Å²) in [6.45, 7) is 5.74. The van der Waals surface area contributed by atoms with Gasteiger partial charge in [-0.15, -0.1) is 0 Å². The molecule has 0 aliphatic rings. The summed E-state index contributed by atoms with van der Waals surface area (Å²) in [4.78, 5) is 4.44. The lowest BCUT2D eigenvalue weighted by molar-refractivity contribution is 0.886. The van der Waals surface area contributed by atoms with E-state index in [9.17, 15) is 0 Å². The highest BCUT2D eigenvalue weighted by molar-refractivity contribution is 5.78. The van der Waals surface area contributed by atoms with Gasteiger partial charge in [-0.25, -0.2) is 4.98 Å². The molecule has 0 aliphatic heterocycles. The fraction of sp³-hybridized carbons (Fsp3) is 0.182. The molecule has 0 fully saturated rings. The number of fused-ring (bicyclic) bond motifs is 1. The topological polar surface area (TPSA) is 17.8 Å². The highest BCUT2D eigenvalue weighted by Gasteiger charge is 2.02. The van der Waals surface area contributed by atoms with Gasteiger partial charge >= 0.3 is 0 Å². The maximum absolute atomic E-state index is 4.44. The standard InChI is InChI=1S/C11H12N2/c1-4-9-5-6-11-10(7-9)12-8(2)13(11)3/h4-7H,1H2,2-3H3. The molecule has 0 saturated carbocycles. The second-order valence-electron chi connectivity index (χ2n) is 3.17. The summed E-state index contributed by atoms with van der Waals surface area (Å²) in [5.41, 5.74) is 3.33. The van der Waals surface area contributed by atoms with Crippen molar-refractivity contribution in [3.8, 4) is 0 Å². The Morgan fingerprint density at radius 3 is 2.92 bits per heavy atom. The number of aryl methyl sites for hydroxylation is 2. The molecule has 1 aromatic carbocycles. The maximum Gasteiger partial charge on any atom is 0.106 e. The van der Waals surface area contributed by atoms with E-state index in [-0.39, 0.29) is 0 Å². The molecule has 0 atom stereocenters. The molecule has 2 rings (SSSR count). The predicted octanol–water partition coefficient (Wildman–Crippen LogP) is 2.52. The lowest BCUT2D eigenvalue weighted by atomic mass is 10.2. The number of aromatic nitrogens is 2. The first kappa shape index (κ1) is 8.05. The molecule has 0 N–H and O–H groups in total. The van der Waals surface area contributed by atoms with Gasteiger partial charge in [0, 0.05) is 7.05 Å². The van der Waals surface area contributed by atoms with Crippen LogP contribution in [0.4, 0.5) is 0 Å². The normalized spacial score (nSPS) is 10.6. The highest BCUT2D eigenvalue weighted by Crippen LogP contribution is 2.16. The summed E-state index contributed by atoms with van der Waals surface area (Å²) in [6, 6.07) is 6.18. The van der Waals surface area contributed by atoms with Gasteiger partial charge in [-0.1, -0.05) is 18.7 Å². The molecule has 0 bridgehead atoms. The quantitative estimate of drug-likeness (QED) is 0.646. The van der Waals surface area contributed by atoms with Gasteiger partial charge in [0.15, 0.2) is 0 Å². The molecule has 1 aromatic heterocycles. The van der Waals surface area contributed by atoms with Crippen molar-refractivity contribution in [2.45, 2.75) is 6.92 Å². The van der Waals surface area contributed by atoms with Gasteiger partial charge in [0.1, 0.15) is 5.82 Å². The minimum absolute atomic E-state index is 1.04. The third kappa shape index (κ3) is 1.15. The van der Waals surface area contributed by atoms with Gasteiger partial charge in [0.2, 0.25) is 0 Å². The average Bonchev–Trinajstić information content (AvgIpc) is 2.42. The van der Waals surface area contributed by atoms with E-state index in [1.807, 2.05) is 20.0 Å². The Kier molecular flexibility index (Phi) is 1.69. The summed E-state index contributed by atoms with van der Waals surface area (Å²) >= 11 is 0. The smallest absolute Gasteiger partial charge is 0.106 e. The summed E-state index contributed by atoms with van der Waals surface area (Å²) in [7, 11) is 2.03. The van der Waals surface area contributed by atoms with Crippen molar-refractivity contribution in [1.82, 2.24) is 9.55 Å². The molecular weight excluding hydrogens is 160 g/mol. The first-order valence-corrected chi connectivity index (χ1v) is 4.28. The lowest BCUT2D eigenvalue weighted by Gasteiger charge is -1.96. The zero-order valence-electron chi connectivity index (χ0n) is 7.91. The molecular formula is C11H12N2. The number of rotatable bonds is 1. The van der Waals surface area contributed by atoms with Crippen LogP contribution in [-0.4, -0.2) is 9.55 Å². The van der Waals surface area contributed by atoms with Crippen LogP contribution in [0.2, 0.25) is 0 Å².